The fourth-order valence-corrected chi connectivity index (χ4v) is 3.69. The van der Waals surface area contributed by atoms with E-state index in [1.54, 1.807) is 36.6 Å². The van der Waals surface area contributed by atoms with E-state index in [0.29, 0.717) is 15.6 Å². The number of esters is 1. The maximum absolute atomic E-state index is 12.6. The number of carbonyl (C=O) groups is 2. The number of nitrogens with zero attached hydrogens (tertiary/aromatic N) is 1. The highest BCUT2D eigenvalue weighted by Gasteiger charge is 2.23. The van der Waals surface area contributed by atoms with Gasteiger partial charge in [-0.15, -0.1) is 11.3 Å². The molecule has 0 bridgehead atoms. The molecule has 2 aromatic carbocycles. The van der Waals surface area contributed by atoms with Crippen molar-refractivity contribution in [3.63, 3.8) is 0 Å². The van der Waals surface area contributed by atoms with E-state index < -0.39 is 16.8 Å². The van der Waals surface area contributed by atoms with E-state index >= 15 is 0 Å². The third kappa shape index (κ3) is 4.61. The van der Waals surface area contributed by atoms with E-state index in [1.165, 1.54) is 35.6 Å². The van der Waals surface area contributed by atoms with Crippen LogP contribution in [0.5, 0.6) is 0 Å². The second-order valence-electron chi connectivity index (χ2n) is 5.84. The number of benzene rings is 2. The van der Waals surface area contributed by atoms with Gasteiger partial charge in [-0.25, -0.2) is 4.79 Å². The molecule has 1 heterocycles. The zero-order valence-electron chi connectivity index (χ0n) is 15.2. The van der Waals surface area contributed by atoms with Crippen molar-refractivity contribution >= 4 is 45.5 Å². The molecule has 0 unspecified atom stereocenters. The predicted octanol–water partition coefficient (Wildman–Crippen LogP) is 5.41. The van der Waals surface area contributed by atoms with E-state index in [1.807, 2.05) is 0 Å². The molecule has 148 valence electrons. The molecule has 1 amide bonds. The van der Waals surface area contributed by atoms with E-state index in [2.05, 4.69) is 5.32 Å². The van der Waals surface area contributed by atoms with E-state index in [0.717, 1.165) is 5.56 Å². The first-order valence-electron chi connectivity index (χ1n) is 8.51. The lowest BCUT2D eigenvalue weighted by atomic mass is 10.0. The van der Waals surface area contributed by atoms with Crippen LogP contribution < -0.4 is 5.32 Å². The maximum atomic E-state index is 12.6. The number of amides is 1. The number of carbonyl (C=O) groups excluding carboxylic acids is 2. The fourth-order valence-electron chi connectivity index (χ4n) is 2.61. The summed E-state index contributed by atoms with van der Waals surface area (Å²) in [5.41, 5.74) is 1.73. The van der Waals surface area contributed by atoms with Crippen LogP contribution in [-0.4, -0.2) is 23.4 Å². The first-order chi connectivity index (χ1) is 13.9. The lowest BCUT2D eigenvalue weighted by Gasteiger charge is -2.09. The number of ether oxygens (including phenoxy) is 1. The Balaban J connectivity index is 1.94. The van der Waals surface area contributed by atoms with Gasteiger partial charge in [0.15, 0.2) is 0 Å². The quantitative estimate of drug-likeness (QED) is 0.320. The van der Waals surface area contributed by atoms with E-state index in [9.17, 15) is 19.7 Å². The van der Waals surface area contributed by atoms with Gasteiger partial charge in [0.1, 0.15) is 10.6 Å². The molecule has 0 saturated carbocycles. The first kappa shape index (κ1) is 20.5. The van der Waals surface area contributed by atoms with E-state index in [4.69, 9.17) is 16.3 Å². The topological polar surface area (TPSA) is 98.5 Å². The summed E-state index contributed by atoms with van der Waals surface area (Å²) < 4.78 is 5.16. The number of halogens is 1. The largest absolute Gasteiger partial charge is 0.462 e. The number of non-ortho nitro benzene ring substituents is 1. The molecule has 3 rings (SSSR count). The molecule has 7 nitrogen and oxygen atoms in total. The highest BCUT2D eigenvalue weighted by Crippen LogP contribution is 2.37. The van der Waals surface area contributed by atoms with Crippen molar-refractivity contribution in [2.45, 2.75) is 6.92 Å². The number of nitro groups is 1. The van der Waals surface area contributed by atoms with Crippen molar-refractivity contribution in [2.75, 3.05) is 11.9 Å². The molecule has 0 saturated heterocycles. The molecule has 0 aliphatic rings. The number of thiophene rings is 1. The zero-order valence-corrected chi connectivity index (χ0v) is 16.8. The van der Waals surface area contributed by atoms with Gasteiger partial charge in [0, 0.05) is 33.7 Å². The molecule has 0 spiro atoms. The lowest BCUT2D eigenvalue weighted by molar-refractivity contribution is -0.384. The summed E-state index contributed by atoms with van der Waals surface area (Å²) in [5, 5.41) is 16.1. The summed E-state index contributed by atoms with van der Waals surface area (Å²) in [5.74, 6) is -1.05. The van der Waals surface area contributed by atoms with Crippen molar-refractivity contribution in [1.82, 2.24) is 0 Å². The summed E-state index contributed by atoms with van der Waals surface area (Å²) in [4.78, 5) is 35.3. The molecule has 0 aliphatic carbocycles. The minimum atomic E-state index is -0.558. The van der Waals surface area contributed by atoms with E-state index in [-0.39, 0.29) is 23.4 Å². The lowest BCUT2D eigenvalue weighted by Crippen LogP contribution is -2.14. The molecular formula is C20H15ClN2O5S. The van der Waals surface area contributed by atoms with Crippen LogP contribution in [0.4, 0.5) is 10.7 Å². The van der Waals surface area contributed by atoms with Crippen LogP contribution in [-0.2, 0) is 4.74 Å². The Morgan fingerprint density at radius 3 is 2.38 bits per heavy atom. The molecule has 0 atom stereocenters. The molecule has 29 heavy (non-hydrogen) atoms. The van der Waals surface area contributed by atoms with Gasteiger partial charge in [0.2, 0.25) is 0 Å². The maximum Gasteiger partial charge on any atom is 0.341 e. The highest BCUT2D eigenvalue weighted by molar-refractivity contribution is 7.15. The highest BCUT2D eigenvalue weighted by atomic mass is 35.5. The second kappa shape index (κ2) is 8.85. The molecule has 0 radical (unpaired) electrons. The van der Waals surface area contributed by atoms with Crippen LogP contribution >= 0.6 is 22.9 Å². The number of rotatable bonds is 6. The van der Waals surface area contributed by atoms with Gasteiger partial charge in [0.25, 0.3) is 11.6 Å². The van der Waals surface area contributed by atoms with Crippen molar-refractivity contribution < 1.29 is 19.2 Å². The smallest absolute Gasteiger partial charge is 0.341 e. The Morgan fingerprint density at radius 1 is 1.14 bits per heavy atom. The number of nitrogens with one attached hydrogen (secondary N) is 1. The third-order valence-electron chi connectivity index (χ3n) is 3.99. The van der Waals surface area contributed by atoms with Crippen LogP contribution in [0.1, 0.15) is 27.6 Å². The fraction of sp³-hybridized carbons (Fsp3) is 0.100. The Hall–Kier alpha value is -3.23. The first-order valence-corrected chi connectivity index (χ1v) is 9.76. The van der Waals surface area contributed by atoms with Crippen molar-refractivity contribution in [3.05, 3.63) is 80.2 Å². The Labute approximate surface area is 175 Å². The van der Waals surface area contributed by atoms with Crippen molar-refractivity contribution in [2.24, 2.45) is 0 Å². The normalized spacial score (nSPS) is 10.4. The van der Waals surface area contributed by atoms with Crippen LogP contribution in [0.15, 0.2) is 53.9 Å². The number of nitro benzene ring substituents is 1. The van der Waals surface area contributed by atoms with Gasteiger partial charge in [-0.3, -0.25) is 14.9 Å². The van der Waals surface area contributed by atoms with Crippen molar-refractivity contribution in [1.29, 1.82) is 0 Å². The summed E-state index contributed by atoms with van der Waals surface area (Å²) in [6.07, 6.45) is 0. The third-order valence-corrected chi connectivity index (χ3v) is 5.14. The van der Waals surface area contributed by atoms with Crippen LogP contribution in [0.2, 0.25) is 5.02 Å². The van der Waals surface area contributed by atoms with Gasteiger partial charge in [-0.05, 0) is 36.8 Å². The summed E-state index contributed by atoms with van der Waals surface area (Å²) in [6.45, 7) is 1.88. The van der Waals surface area contributed by atoms with Crippen molar-refractivity contribution in [3.8, 4) is 11.1 Å². The van der Waals surface area contributed by atoms with Gasteiger partial charge in [-0.1, -0.05) is 23.7 Å². The molecule has 0 fully saturated rings. The second-order valence-corrected chi connectivity index (χ2v) is 7.16. The number of hydrogen-bond donors (Lipinski definition) is 1. The average molecular weight is 431 g/mol. The summed E-state index contributed by atoms with van der Waals surface area (Å²) >= 11 is 7.12. The minimum Gasteiger partial charge on any atom is -0.462 e. The predicted molar refractivity (Wildman–Crippen MR) is 112 cm³/mol. The summed E-state index contributed by atoms with van der Waals surface area (Å²) in [7, 11) is 0. The van der Waals surface area contributed by atoms with Crippen LogP contribution in [0.25, 0.3) is 11.1 Å². The molecule has 9 heteroatoms. The Morgan fingerprint density at radius 2 is 1.79 bits per heavy atom. The molecule has 1 N–H and O–H groups in total. The Bertz CT molecular complexity index is 1060. The standard InChI is InChI=1S/C20H15ClN2O5S/c1-2-28-20(25)17-16(12-3-7-14(21)8-4-12)11-29-19(17)22-18(24)13-5-9-15(10-6-13)23(26)27/h3-11H,2H2,1H3,(H,22,24). The number of hydrogen-bond acceptors (Lipinski definition) is 6. The Kier molecular flexibility index (Phi) is 6.26. The van der Waals surface area contributed by atoms with Crippen LogP contribution in [0.3, 0.4) is 0 Å². The molecule has 3 aromatic rings. The van der Waals surface area contributed by atoms with Gasteiger partial charge in [-0.2, -0.15) is 0 Å². The molecular weight excluding hydrogens is 416 g/mol. The average Bonchev–Trinajstić information content (AvgIpc) is 3.12. The monoisotopic (exact) mass is 430 g/mol. The van der Waals surface area contributed by atoms with Gasteiger partial charge < -0.3 is 10.1 Å². The SMILES string of the molecule is CCOC(=O)c1c(-c2ccc(Cl)cc2)csc1NC(=O)c1ccc([N+](=O)[O-])cc1. The molecule has 1 aromatic heterocycles. The molecule has 0 aliphatic heterocycles. The van der Waals surface area contributed by atoms with Gasteiger partial charge >= 0.3 is 5.97 Å². The van der Waals surface area contributed by atoms with Crippen LogP contribution in [0, 0.1) is 10.1 Å². The number of anilines is 1. The summed E-state index contributed by atoms with van der Waals surface area (Å²) in [6, 6.07) is 12.2. The zero-order chi connectivity index (χ0) is 21.0. The minimum absolute atomic E-state index is 0.116. The van der Waals surface area contributed by atoms with Gasteiger partial charge in [0.05, 0.1) is 11.5 Å².